The first kappa shape index (κ1) is 22.8. The normalized spacial score (nSPS) is 10.8. The lowest BCUT2D eigenvalue weighted by Gasteiger charge is -2.24. The zero-order valence-corrected chi connectivity index (χ0v) is 18.5. The molecule has 0 aliphatic rings. The summed E-state index contributed by atoms with van der Waals surface area (Å²) in [6.45, 7) is 6.59. The number of hydrogen-bond donors (Lipinski definition) is 3. The molecule has 7 heteroatoms. The van der Waals surface area contributed by atoms with Crippen LogP contribution in [0.3, 0.4) is 0 Å². The average molecular weight is 433 g/mol. The number of pyridine rings is 1. The first-order chi connectivity index (χ1) is 15.3. The lowest BCUT2D eigenvalue weighted by Crippen LogP contribution is -2.27. The van der Waals surface area contributed by atoms with Gasteiger partial charge in [0.05, 0.1) is 17.1 Å². The van der Waals surface area contributed by atoms with Crippen LogP contribution in [-0.4, -0.2) is 22.5 Å². The Hall–Kier alpha value is -3.87. The van der Waals surface area contributed by atoms with Crippen LogP contribution >= 0.6 is 0 Å². The van der Waals surface area contributed by atoms with Gasteiger partial charge in [0, 0.05) is 23.8 Å². The van der Waals surface area contributed by atoms with E-state index in [1.807, 2.05) is 30.3 Å². The number of ether oxygens (including phenoxy) is 1. The Labute approximate surface area is 188 Å². The highest BCUT2D eigenvalue weighted by molar-refractivity contribution is 6.05. The fourth-order valence-electron chi connectivity index (χ4n) is 2.92. The number of carbonyl (C=O) groups is 2. The monoisotopic (exact) mass is 432 g/mol. The number of amides is 2. The minimum Gasteiger partial charge on any atom is -0.443 e. The molecule has 7 nitrogen and oxygen atoms in total. The third-order valence-corrected chi connectivity index (χ3v) is 4.42. The van der Waals surface area contributed by atoms with Crippen molar-refractivity contribution >= 4 is 23.4 Å². The van der Waals surface area contributed by atoms with Crippen LogP contribution in [0.5, 0.6) is 0 Å². The second kappa shape index (κ2) is 10.4. The van der Waals surface area contributed by atoms with E-state index in [1.54, 1.807) is 42.6 Å². The lowest BCUT2D eigenvalue weighted by molar-refractivity contribution is 0.102. The maximum Gasteiger partial charge on any atom is 0.407 e. The molecular weight excluding hydrogens is 404 g/mol. The minimum absolute atomic E-state index is 0.108. The van der Waals surface area contributed by atoms with Crippen molar-refractivity contribution in [3.05, 3.63) is 89.7 Å². The summed E-state index contributed by atoms with van der Waals surface area (Å²) < 4.78 is 5.14. The van der Waals surface area contributed by atoms with Crippen molar-refractivity contribution in [1.82, 2.24) is 10.3 Å². The highest BCUT2D eigenvalue weighted by Gasteiger charge is 2.14. The molecule has 0 aliphatic carbocycles. The number of carbonyl (C=O) groups excluding carboxylic acids is 2. The van der Waals surface area contributed by atoms with Crippen molar-refractivity contribution in [2.24, 2.45) is 0 Å². The van der Waals surface area contributed by atoms with Crippen LogP contribution in [0.25, 0.3) is 0 Å². The third-order valence-electron chi connectivity index (χ3n) is 4.42. The van der Waals surface area contributed by atoms with E-state index in [9.17, 15) is 9.59 Å². The Kier molecular flexibility index (Phi) is 7.44. The zero-order valence-electron chi connectivity index (χ0n) is 18.5. The van der Waals surface area contributed by atoms with Gasteiger partial charge in [0.2, 0.25) is 0 Å². The minimum atomic E-state index is -0.527. The molecule has 1 aromatic heterocycles. The van der Waals surface area contributed by atoms with E-state index in [4.69, 9.17) is 4.74 Å². The predicted octanol–water partition coefficient (Wildman–Crippen LogP) is 4.97. The van der Waals surface area contributed by atoms with Crippen LogP contribution in [0.15, 0.2) is 72.9 Å². The molecule has 32 heavy (non-hydrogen) atoms. The van der Waals surface area contributed by atoms with E-state index >= 15 is 0 Å². The van der Waals surface area contributed by atoms with Crippen molar-refractivity contribution in [3.63, 3.8) is 0 Å². The number of rotatable bonds is 7. The van der Waals surface area contributed by atoms with E-state index in [-0.39, 0.29) is 18.1 Å². The fraction of sp³-hybridized carbons (Fsp3) is 0.240. The van der Waals surface area contributed by atoms with Gasteiger partial charge < -0.3 is 20.7 Å². The number of nitrogens with zero attached hydrogens (tertiary/aromatic N) is 1. The third kappa shape index (κ3) is 7.12. The van der Waals surface area contributed by atoms with Gasteiger partial charge in [-0.2, -0.15) is 0 Å². The Morgan fingerprint density at radius 1 is 0.906 bits per heavy atom. The smallest absolute Gasteiger partial charge is 0.407 e. The molecule has 0 unspecified atom stereocenters. The topological polar surface area (TPSA) is 92.3 Å². The van der Waals surface area contributed by atoms with Crippen LogP contribution in [0.1, 0.15) is 42.4 Å². The maximum absolute atomic E-state index is 12.7. The summed E-state index contributed by atoms with van der Waals surface area (Å²) in [6, 6.07) is 20.1. The number of nitrogens with one attached hydrogen (secondary N) is 3. The molecule has 0 aliphatic heterocycles. The molecule has 2 aromatic carbocycles. The predicted molar refractivity (Wildman–Crippen MR) is 125 cm³/mol. The Bertz CT molecular complexity index is 1040. The largest absolute Gasteiger partial charge is 0.443 e. The first-order valence-electron chi connectivity index (χ1n) is 10.4. The number of anilines is 2. The SMILES string of the molecule is CC(C)(C)Nc1ccccc1NC(=O)c1ccc(CNC(=O)OCc2ccccn2)cc1. The van der Waals surface area contributed by atoms with Gasteiger partial charge in [0.15, 0.2) is 0 Å². The highest BCUT2D eigenvalue weighted by Crippen LogP contribution is 2.25. The van der Waals surface area contributed by atoms with Crippen molar-refractivity contribution < 1.29 is 14.3 Å². The van der Waals surface area contributed by atoms with Gasteiger partial charge in [-0.05, 0) is 62.7 Å². The summed E-state index contributed by atoms with van der Waals surface area (Å²) in [5, 5.41) is 9.04. The van der Waals surface area contributed by atoms with E-state index in [0.29, 0.717) is 23.5 Å². The standard InChI is InChI=1S/C25H28N4O3/c1-25(2,3)29-22-10-5-4-9-21(22)28-23(30)19-13-11-18(12-14-19)16-27-24(31)32-17-20-8-6-7-15-26-20/h4-15,29H,16-17H2,1-3H3,(H,27,31)(H,28,30). The Morgan fingerprint density at radius 2 is 1.59 bits per heavy atom. The molecule has 3 rings (SSSR count). The van der Waals surface area contributed by atoms with E-state index in [2.05, 4.69) is 41.7 Å². The van der Waals surface area contributed by atoms with Crippen LogP contribution in [-0.2, 0) is 17.9 Å². The molecule has 0 spiro atoms. The average Bonchev–Trinajstić information content (AvgIpc) is 2.77. The molecule has 0 saturated heterocycles. The van der Waals surface area contributed by atoms with Crippen molar-refractivity contribution in [2.45, 2.75) is 39.5 Å². The number of para-hydroxylation sites is 2. The fourth-order valence-corrected chi connectivity index (χ4v) is 2.92. The zero-order chi connectivity index (χ0) is 23.0. The molecule has 166 valence electrons. The number of alkyl carbamates (subject to hydrolysis) is 1. The second-order valence-corrected chi connectivity index (χ2v) is 8.32. The molecule has 1 heterocycles. The van der Waals surface area contributed by atoms with Gasteiger partial charge >= 0.3 is 6.09 Å². The van der Waals surface area contributed by atoms with E-state index in [1.165, 1.54) is 0 Å². The van der Waals surface area contributed by atoms with Gasteiger partial charge in [-0.15, -0.1) is 0 Å². The van der Waals surface area contributed by atoms with Crippen molar-refractivity contribution in [3.8, 4) is 0 Å². The summed E-state index contributed by atoms with van der Waals surface area (Å²) in [6.07, 6.45) is 1.12. The van der Waals surface area contributed by atoms with Crippen molar-refractivity contribution in [2.75, 3.05) is 10.6 Å². The Morgan fingerprint density at radius 3 is 2.25 bits per heavy atom. The molecule has 0 saturated carbocycles. The molecule has 3 aromatic rings. The van der Waals surface area contributed by atoms with E-state index < -0.39 is 6.09 Å². The Balaban J connectivity index is 1.52. The summed E-state index contributed by atoms with van der Waals surface area (Å²) in [5.74, 6) is -0.206. The van der Waals surface area contributed by atoms with Gasteiger partial charge in [-0.25, -0.2) is 4.79 Å². The molecule has 0 atom stereocenters. The quantitative estimate of drug-likeness (QED) is 0.490. The molecule has 3 N–H and O–H groups in total. The number of aromatic nitrogens is 1. The van der Waals surface area contributed by atoms with Crippen LogP contribution in [0, 0.1) is 0 Å². The summed E-state index contributed by atoms with van der Waals surface area (Å²) in [5.41, 5.74) is 3.50. The van der Waals surface area contributed by atoms with Crippen LogP contribution < -0.4 is 16.0 Å². The van der Waals surface area contributed by atoms with Gasteiger partial charge in [0.25, 0.3) is 5.91 Å². The van der Waals surface area contributed by atoms with Crippen molar-refractivity contribution in [1.29, 1.82) is 0 Å². The first-order valence-corrected chi connectivity index (χ1v) is 10.4. The second-order valence-electron chi connectivity index (χ2n) is 8.32. The molecule has 0 bridgehead atoms. The highest BCUT2D eigenvalue weighted by atomic mass is 16.5. The van der Waals surface area contributed by atoms with Crippen LogP contribution in [0.2, 0.25) is 0 Å². The summed E-state index contributed by atoms with van der Waals surface area (Å²) in [7, 11) is 0. The number of benzene rings is 2. The van der Waals surface area contributed by atoms with Gasteiger partial charge in [-0.1, -0.05) is 30.3 Å². The molecular formula is C25H28N4O3. The van der Waals surface area contributed by atoms with Crippen LogP contribution in [0.4, 0.5) is 16.2 Å². The molecule has 0 radical (unpaired) electrons. The lowest BCUT2D eigenvalue weighted by atomic mass is 10.1. The van der Waals surface area contributed by atoms with E-state index in [0.717, 1.165) is 11.3 Å². The maximum atomic E-state index is 12.7. The molecule has 0 fully saturated rings. The summed E-state index contributed by atoms with van der Waals surface area (Å²) in [4.78, 5) is 28.7. The van der Waals surface area contributed by atoms with Gasteiger partial charge in [0.1, 0.15) is 6.61 Å². The molecule has 2 amide bonds. The van der Waals surface area contributed by atoms with Gasteiger partial charge in [-0.3, -0.25) is 9.78 Å². The number of hydrogen-bond acceptors (Lipinski definition) is 5. The summed E-state index contributed by atoms with van der Waals surface area (Å²) >= 11 is 0.